The molecule has 3 rings (SSSR count). The van der Waals surface area contributed by atoms with Gasteiger partial charge in [0.2, 0.25) is 6.10 Å². The van der Waals surface area contributed by atoms with Crippen molar-refractivity contribution in [2.24, 2.45) is 5.16 Å². The summed E-state index contributed by atoms with van der Waals surface area (Å²) in [6.07, 6.45) is -0.423. The second kappa shape index (κ2) is 4.42. The second-order valence-electron chi connectivity index (χ2n) is 4.60. The van der Waals surface area contributed by atoms with Gasteiger partial charge in [0, 0.05) is 19.5 Å². The lowest BCUT2D eigenvalue weighted by Gasteiger charge is -2.36. The van der Waals surface area contributed by atoms with Crippen molar-refractivity contribution in [1.82, 2.24) is 4.90 Å². The van der Waals surface area contributed by atoms with E-state index in [4.69, 9.17) is 4.84 Å². The summed E-state index contributed by atoms with van der Waals surface area (Å²) in [4.78, 5) is 18.8. The summed E-state index contributed by atoms with van der Waals surface area (Å²) in [5.41, 5.74) is 1.78. The van der Waals surface area contributed by atoms with Crippen LogP contribution < -0.4 is 0 Å². The summed E-state index contributed by atoms with van der Waals surface area (Å²) in [6, 6.07) is 9.69. The van der Waals surface area contributed by atoms with Crippen LogP contribution in [-0.4, -0.2) is 46.9 Å². The van der Waals surface area contributed by atoms with Crippen molar-refractivity contribution < 1.29 is 14.7 Å². The minimum atomic E-state index is -0.535. The Morgan fingerprint density at radius 2 is 2.06 bits per heavy atom. The van der Waals surface area contributed by atoms with Crippen LogP contribution in [0, 0.1) is 0 Å². The molecule has 0 aliphatic carbocycles. The van der Waals surface area contributed by atoms with E-state index >= 15 is 0 Å². The number of carbonyl (C=O) groups is 1. The minimum absolute atomic E-state index is 0.0880. The molecule has 1 atom stereocenters. The minimum Gasteiger partial charge on any atom is -0.389 e. The van der Waals surface area contributed by atoms with Gasteiger partial charge in [0.25, 0.3) is 5.91 Å². The summed E-state index contributed by atoms with van der Waals surface area (Å²) in [6.45, 7) is 0.804. The molecule has 5 heteroatoms. The molecular weight excluding hydrogens is 232 g/mol. The topological polar surface area (TPSA) is 62.1 Å². The molecule has 18 heavy (non-hydrogen) atoms. The monoisotopic (exact) mass is 246 g/mol. The van der Waals surface area contributed by atoms with Crippen LogP contribution >= 0.6 is 0 Å². The Morgan fingerprint density at radius 1 is 1.33 bits per heavy atom. The highest BCUT2D eigenvalue weighted by molar-refractivity contribution is 6.04. The largest absolute Gasteiger partial charge is 0.389 e. The lowest BCUT2D eigenvalue weighted by atomic mass is 10.0. The zero-order valence-electron chi connectivity index (χ0n) is 9.82. The summed E-state index contributed by atoms with van der Waals surface area (Å²) in [7, 11) is 0. The molecule has 2 heterocycles. The predicted octanol–water partition coefficient (Wildman–Crippen LogP) is 0.383. The van der Waals surface area contributed by atoms with Gasteiger partial charge in [0.05, 0.1) is 11.8 Å². The molecule has 5 nitrogen and oxygen atoms in total. The van der Waals surface area contributed by atoms with Gasteiger partial charge < -0.3 is 14.8 Å². The van der Waals surface area contributed by atoms with Gasteiger partial charge in [-0.3, -0.25) is 4.79 Å². The highest BCUT2D eigenvalue weighted by atomic mass is 16.6. The quantitative estimate of drug-likeness (QED) is 0.820. The van der Waals surface area contributed by atoms with Crippen molar-refractivity contribution in [3.8, 4) is 0 Å². The third kappa shape index (κ3) is 1.97. The van der Waals surface area contributed by atoms with Crippen LogP contribution in [0.1, 0.15) is 12.0 Å². The Labute approximate surface area is 105 Å². The number of aliphatic hydroxyl groups excluding tert-OH is 1. The number of rotatable bonds is 2. The van der Waals surface area contributed by atoms with Crippen LogP contribution in [-0.2, 0) is 9.63 Å². The van der Waals surface area contributed by atoms with Crippen LogP contribution in [0.3, 0.4) is 0 Å². The molecule has 0 saturated carbocycles. The van der Waals surface area contributed by atoms with E-state index in [1.54, 1.807) is 4.90 Å². The molecule has 0 spiro atoms. The van der Waals surface area contributed by atoms with Gasteiger partial charge in [-0.2, -0.15) is 0 Å². The molecule has 1 saturated heterocycles. The molecule has 1 fully saturated rings. The number of amides is 1. The number of β-amino-alcohol motifs (C(OH)–C–C–N with tert-alkyl or cyclic N) is 1. The fourth-order valence-electron chi connectivity index (χ4n) is 2.15. The number of nitrogens with zero attached hydrogens (tertiary/aromatic N) is 2. The fraction of sp³-hybridized carbons (Fsp3) is 0.385. The van der Waals surface area contributed by atoms with E-state index in [1.165, 1.54) is 0 Å². The van der Waals surface area contributed by atoms with Crippen molar-refractivity contribution >= 4 is 11.6 Å². The van der Waals surface area contributed by atoms with Gasteiger partial charge in [-0.05, 0) is 5.56 Å². The van der Waals surface area contributed by atoms with E-state index < -0.39 is 6.10 Å². The molecule has 2 aliphatic heterocycles. The van der Waals surface area contributed by atoms with E-state index in [-0.39, 0.29) is 12.0 Å². The van der Waals surface area contributed by atoms with Crippen molar-refractivity contribution in [2.75, 3.05) is 13.1 Å². The normalized spacial score (nSPS) is 23.3. The lowest BCUT2D eigenvalue weighted by molar-refractivity contribution is -0.152. The van der Waals surface area contributed by atoms with Gasteiger partial charge in [-0.25, -0.2) is 0 Å². The molecule has 94 valence electrons. The van der Waals surface area contributed by atoms with Crippen LogP contribution in [0.15, 0.2) is 35.5 Å². The maximum Gasteiger partial charge on any atom is 0.267 e. The number of oxime groups is 1. The maximum atomic E-state index is 12.0. The number of benzene rings is 1. The molecule has 2 aliphatic rings. The Hall–Kier alpha value is -1.88. The van der Waals surface area contributed by atoms with Crippen LogP contribution in [0.4, 0.5) is 0 Å². The Balaban J connectivity index is 1.62. The first-order valence-electron chi connectivity index (χ1n) is 5.99. The Kier molecular flexibility index (Phi) is 2.76. The zero-order chi connectivity index (χ0) is 12.5. The van der Waals surface area contributed by atoms with Crippen LogP contribution in [0.25, 0.3) is 0 Å². The number of aliphatic hydroxyl groups is 1. The highest BCUT2D eigenvalue weighted by Gasteiger charge is 2.37. The Bertz CT molecular complexity index is 480. The van der Waals surface area contributed by atoms with Crippen molar-refractivity contribution in [2.45, 2.75) is 18.6 Å². The molecular formula is C13H14N2O3. The van der Waals surface area contributed by atoms with E-state index in [9.17, 15) is 9.90 Å². The molecule has 1 aromatic carbocycles. The molecule has 0 bridgehead atoms. The third-order valence-electron chi connectivity index (χ3n) is 3.23. The van der Waals surface area contributed by atoms with E-state index in [0.29, 0.717) is 19.5 Å². The standard InChI is InChI=1S/C13H14N2O3/c16-10-7-15(8-10)13(17)12-6-11(14-18-12)9-4-2-1-3-5-9/h1-5,10,12,16H,6-8H2. The molecule has 0 radical (unpaired) electrons. The summed E-state index contributed by atoms with van der Waals surface area (Å²) >= 11 is 0. The number of carbonyl (C=O) groups excluding carboxylic acids is 1. The van der Waals surface area contributed by atoms with Gasteiger partial charge in [-0.1, -0.05) is 35.5 Å². The predicted molar refractivity (Wildman–Crippen MR) is 65.1 cm³/mol. The average molecular weight is 246 g/mol. The van der Waals surface area contributed by atoms with Crippen molar-refractivity contribution in [1.29, 1.82) is 0 Å². The van der Waals surface area contributed by atoms with Gasteiger partial charge in [-0.15, -0.1) is 0 Å². The second-order valence-corrected chi connectivity index (χ2v) is 4.60. The Morgan fingerprint density at radius 3 is 2.72 bits per heavy atom. The molecule has 1 amide bonds. The van der Waals surface area contributed by atoms with Crippen molar-refractivity contribution in [3.63, 3.8) is 0 Å². The number of likely N-dealkylation sites (tertiary alicyclic amines) is 1. The van der Waals surface area contributed by atoms with Gasteiger partial charge in [0.1, 0.15) is 0 Å². The van der Waals surface area contributed by atoms with E-state index in [1.807, 2.05) is 30.3 Å². The molecule has 0 aromatic heterocycles. The van der Waals surface area contributed by atoms with Gasteiger partial charge >= 0.3 is 0 Å². The molecule has 1 aromatic rings. The van der Waals surface area contributed by atoms with Crippen LogP contribution in [0.2, 0.25) is 0 Å². The lowest BCUT2D eigenvalue weighted by Crippen LogP contribution is -2.56. The first-order valence-corrected chi connectivity index (χ1v) is 5.99. The molecule has 1 unspecified atom stereocenters. The number of hydrogen-bond acceptors (Lipinski definition) is 4. The smallest absolute Gasteiger partial charge is 0.267 e. The first-order chi connectivity index (χ1) is 8.74. The summed E-state index contributed by atoms with van der Waals surface area (Å²) in [5.74, 6) is -0.0880. The van der Waals surface area contributed by atoms with Crippen molar-refractivity contribution in [3.05, 3.63) is 35.9 Å². The van der Waals surface area contributed by atoms with E-state index in [2.05, 4.69) is 5.16 Å². The third-order valence-corrected chi connectivity index (χ3v) is 3.23. The zero-order valence-corrected chi connectivity index (χ0v) is 9.82. The highest BCUT2D eigenvalue weighted by Crippen LogP contribution is 2.20. The first kappa shape index (κ1) is 11.2. The van der Waals surface area contributed by atoms with Gasteiger partial charge in [0.15, 0.2) is 0 Å². The molecule has 1 N–H and O–H groups in total. The average Bonchev–Trinajstić information content (AvgIpc) is 2.85. The maximum absolute atomic E-state index is 12.0. The summed E-state index contributed by atoms with van der Waals surface area (Å²) in [5, 5.41) is 13.2. The SMILES string of the molecule is O=C(C1CC(c2ccccc2)=NO1)N1CC(O)C1. The fourth-order valence-corrected chi connectivity index (χ4v) is 2.15. The van der Waals surface area contributed by atoms with E-state index in [0.717, 1.165) is 11.3 Å². The number of hydrogen-bond donors (Lipinski definition) is 1. The van der Waals surface area contributed by atoms with Crippen LogP contribution in [0.5, 0.6) is 0 Å². The summed E-state index contributed by atoms with van der Waals surface area (Å²) < 4.78 is 0.